The molecule has 12 heavy (non-hydrogen) atoms. The molecule has 2 rings (SSSR count). The lowest BCUT2D eigenvalue weighted by Gasteiger charge is -1.99. The highest BCUT2D eigenvalue weighted by atomic mass is 16.3. The summed E-state index contributed by atoms with van der Waals surface area (Å²) in [5.41, 5.74) is 0.523. The lowest BCUT2D eigenvalue weighted by molar-refractivity contribution is 0.466. The van der Waals surface area contributed by atoms with E-state index < -0.39 is 0 Å². The van der Waals surface area contributed by atoms with Crippen molar-refractivity contribution in [3.8, 4) is 11.4 Å². The molecular formula is C7H6N4O. The lowest BCUT2D eigenvalue weighted by atomic mass is 10.3. The number of tetrazole rings is 1. The normalized spacial score (nSPS) is 10.0. The molecule has 0 bridgehead atoms. The van der Waals surface area contributed by atoms with Gasteiger partial charge in [-0.25, -0.2) is 0 Å². The molecule has 1 N–H and O–H groups in total. The van der Waals surface area contributed by atoms with Crippen molar-refractivity contribution in [2.24, 2.45) is 0 Å². The molecule has 0 saturated heterocycles. The molecule has 5 heteroatoms. The van der Waals surface area contributed by atoms with Crippen LogP contribution in [0.3, 0.4) is 0 Å². The Kier molecular flexibility index (Phi) is 1.48. The van der Waals surface area contributed by atoms with E-state index in [1.807, 2.05) is 0 Å². The Labute approximate surface area is 68.3 Å². The van der Waals surface area contributed by atoms with Crippen LogP contribution in [0.1, 0.15) is 0 Å². The van der Waals surface area contributed by atoms with Gasteiger partial charge in [-0.05, 0) is 17.3 Å². The van der Waals surface area contributed by atoms with E-state index in [-0.39, 0.29) is 5.75 Å². The maximum Gasteiger partial charge on any atom is 0.162 e. The number of hydrogen-bond acceptors (Lipinski definition) is 4. The van der Waals surface area contributed by atoms with Gasteiger partial charge in [0, 0.05) is 0 Å². The van der Waals surface area contributed by atoms with Gasteiger partial charge in [-0.3, -0.25) is 0 Å². The van der Waals surface area contributed by atoms with E-state index in [1.165, 1.54) is 11.1 Å². The minimum atomic E-state index is 0.135. The Morgan fingerprint density at radius 2 is 2.08 bits per heavy atom. The van der Waals surface area contributed by atoms with E-state index in [4.69, 9.17) is 0 Å². The highest BCUT2D eigenvalue weighted by Crippen LogP contribution is 2.17. The molecule has 0 radical (unpaired) electrons. The molecule has 0 aliphatic rings. The second-order valence-electron chi connectivity index (χ2n) is 2.21. The number of phenolic OH excluding ortho intramolecular Hbond substituents is 1. The third-order valence-electron chi connectivity index (χ3n) is 1.45. The molecule has 0 saturated carbocycles. The van der Waals surface area contributed by atoms with Crippen molar-refractivity contribution in [1.29, 1.82) is 0 Å². The van der Waals surface area contributed by atoms with Gasteiger partial charge >= 0.3 is 0 Å². The van der Waals surface area contributed by atoms with E-state index in [1.54, 1.807) is 24.3 Å². The van der Waals surface area contributed by atoms with Gasteiger partial charge in [0.1, 0.15) is 11.4 Å². The average molecular weight is 162 g/mol. The van der Waals surface area contributed by atoms with Gasteiger partial charge in [0.15, 0.2) is 6.33 Å². The van der Waals surface area contributed by atoms with E-state index in [0.717, 1.165) is 0 Å². The number of aromatic nitrogens is 4. The number of phenols is 1. The van der Waals surface area contributed by atoms with Crippen molar-refractivity contribution in [3.63, 3.8) is 0 Å². The van der Waals surface area contributed by atoms with Crippen LogP contribution in [0.4, 0.5) is 0 Å². The number of hydrogen-bond donors (Lipinski definition) is 1. The zero-order valence-electron chi connectivity index (χ0n) is 6.12. The summed E-state index contributed by atoms with van der Waals surface area (Å²) in [7, 11) is 0. The highest BCUT2D eigenvalue weighted by molar-refractivity contribution is 5.43. The number of para-hydroxylation sites is 2. The summed E-state index contributed by atoms with van der Waals surface area (Å²) >= 11 is 0. The first-order valence-electron chi connectivity index (χ1n) is 3.39. The second-order valence-corrected chi connectivity index (χ2v) is 2.21. The fourth-order valence-electron chi connectivity index (χ4n) is 0.911. The molecule has 5 nitrogen and oxygen atoms in total. The van der Waals surface area contributed by atoms with Gasteiger partial charge in [-0.15, -0.1) is 15.0 Å². The topological polar surface area (TPSA) is 63.8 Å². The molecule has 1 heterocycles. The van der Waals surface area contributed by atoms with Crippen LogP contribution in [0.5, 0.6) is 5.75 Å². The second kappa shape index (κ2) is 2.61. The van der Waals surface area contributed by atoms with E-state index in [9.17, 15) is 5.11 Å². The van der Waals surface area contributed by atoms with Crippen molar-refractivity contribution < 1.29 is 5.11 Å². The van der Waals surface area contributed by atoms with Gasteiger partial charge in [-0.2, -0.15) is 0 Å². The zero-order chi connectivity index (χ0) is 8.39. The molecule has 0 spiro atoms. The summed E-state index contributed by atoms with van der Waals surface area (Å²) in [5, 5.41) is 20.3. The molecule has 0 fully saturated rings. The van der Waals surface area contributed by atoms with Crippen LogP contribution in [0, 0.1) is 0 Å². The van der Waals surface area contributed by atoms with Crippen LogP contribution in [0.2, 0.25) is 0 Å². The molecule has 0 atom stereocenters. The minimum Gasteiger partial charge on any atom is -0.506 e. The predicted molar refractivity (Wildman–Crippen MR) is 40.8 cm³/mol. The molecule has 0 aliphatic carbocycles. The Balaban J connectivity index is 2.55. The molecule has 0 unspecified atom stereocenters. The highest BCUT2D eigenvalue weighted by Gasteiger charge is 2.02. The number of rotatable bonds is 1. The molecule has 1 aromatic carbocycles. The third kappa shape index (κ3) is 1.01. The van der Waals surface area contributed by atoms with Crippen LogP contribution in [0.25, 0.3) is 5.69 Å². The van der Waals surface area contributed by atoms with Gasteiger partial charge in [0.25, 0.3) is 0 Å². The maximum atomic E-state index is 9.35. The monoisotopic (exact) mass is 162 g/mol. The fourth-order valence-corrected chi connectivity index (χ4v) is 0.911. The summed E-state index contributed by atoms with van der Waals surface area (Å²) in [4.78, 5) is 1.26. The van der Waals surface area contributed by atoms with Crippen molar-refractivity contribution in [2.75, 3.05) is 0 Å². The van der Waals surface area contributed by atoms with Crippen LogP contribution in [0.15, 0.2) is 30.6 Å². The molecular weight excluding hydrogens is 156 g/mol. The van der Waals surface area contributed by atoms with Crippen molar-refractivity contribution in [2.45, 2.75) is 0 Å². The number of benzene rings is 1. The van der Waals surface area contributed by atoms with Gasteiger partial charge in [-0.1, -0.05) is 12.1 Å². The molecule has 1 aromatic heterocycles. The lowest BCUT2D eigenvalue weighted by Crippen LogP contribution is -1.98. The van der Waals surface area contributed by atoms with E-state index in [0.29, 0.717) is 5.69 Å². The summed E-state index contributed by atoms with van der Waals surface area (Å²) in [5.74, 6) is 0.135. The van der Waals surface area contributed by atoms with Crippen LogP contribution < -0.4 is 0 Å². The first-order chi connectivity index (χ1) is 5.88. The SMILES string of the molecule is Oc1ccccc1-n1ncnn1. The average Bonchev–Trinajstić information content (AvgIpc) is 2.57. The molecule has 2 aromatic rings. The smallest absolute Gasteiger partial charge is 0.162 e. The third-order valence-corrected chi connectivity index (χ3v) is 1.45. The van der Waals surface area contributed by atoms with Crippen molar-refractivity contribution in [3.05, 3.63) is 30.6 Å². The van der Waals surface area contributed by atoms with E-state index >= 15 is 0 Å². The van der Waals surface area contributed by atoms with Gasteiger partial charge < -0.3 is 5.11 Å². The Bertz CT molecular complexity index is 371. The fraction of sp³-hybridized carbons (Fsp3) is 0. The predicted octanol–water partition coefficient (Wildman–Crippen LogP) is 0.368. The molecule has 0 amide bonds. The number of aromatic hydroxyl groups is 1. The summed E-state index contributed by atoms with van der Waals surface area (Å²) in [6.45, 7) is 0. The van der Waals surface area contributed by atoms with Gasteiger partial charge in [0.2, 0.25) is 0 Å². The first-order valence-corrected chi connectivity index (χ1v) is 3.39. The Hall–Kier alpha value is -1.91. The van der Waals surface area contributed by atoms with Crippen LogP contribution >= 0.6 is 0 Å². The largest absolute Gasteiger partial charge is 0.506 e. The Morgan fingerprint density at radius 1 is 1.25 bits per heavy atom. The minimum absolute atomic E-state index is 0.135. The van der Waals surface area contributed by atoms with E-state index in [2.05, 4.69) is 15.4 Å². The standard InChI is InChI=1S/C7H6N4O/c12-7-4-2-1-3-6(7)11-9-5-8-10-11/h1-5,12H. The first kappa shape index (κ1) is 6.78. The number of nitrogens with zero attached hydrogens (tertiary/aromatic N) is 4. The van der Waals surface area contributed by atoms with Crippen molar-refractivity contribution in [1.82, 2.24) is 20.2 Å². The van der Waals surface area contributed by atoms with Crippen LogP contribution in [-0.2, 0) is 0 Å². The quantitative estimate of drug-likeness (QED) is 0.657. The molecule has 60 valence electrons. The maximum absolute atomic E-state index is 9.35. The molecule has 0 aliphatic heterocycles. The summed E-state index contributed by atoms with van der Waals surface area (Å²) in [6, 6.07) is 6.80. The van der Waals surface area contributed by atoms with Crippen molar-refractivity contribution >= 4 is 0 Å². The van der Waals surface area contributed by atoms with Crippen LogP contribution in [-0.4, -0.2) is 25.3 Å². The summed E-state index contributed by atoms with van der Waals surface area (Å²) < 4.78 is 0. The zero-order valence-corrected chi connectivity index (χ0v) is 6.12. The summed E-state index contributed by atoms with van der Waals surface area (Å²) in [6.07, 6.45) is 1.31. The van der Waals surface area contributed by atoms with Gasteiger partial charge in [0.05, 0.1) is 0 Å². The Morgan fingerprint density at radius 3 is 2.75 bits per heavy atom.